The van der Waals surface area contributed by atoms with Crippen molar-refractivity contribution in [2.45, 2.75) is 19.4 Å². The van der Waals surface area contributed by atoms with E-state index in [0.29, 0.717) is 5.69 Å². The van der Waals surface area contributed by atoms with Crippen LogP contribution in [0.3, 0.4) is 0 Å². The first-order valence-corrected chi connectivity index (χ1v) is 9.00. The number of ether oxygens (including phenoxy) is 1. The highest BCUT2D eigenvalue weighted by Crippen LogP contribution is 2.31. The van der Waals surface area contributed by atoms with Gasteiger partial charge in [-0.25, -0.2) is 0 Å². The van der Waals surface area contributed by atoms with Crippen molar-refractivity contribution < 1.29 is 14.3 Å². The molecule has 0 bridgehead atoms. The summed E-state index contributed by atoms with van der Waals surface area (Å²) in [5.41, 5.74) is 2.87. The number of likely N-dealkylation sites (N-methyl/N-ethyl adjacent to an activating group) is 1. The molecule has 0 unspecified atom stereocenters. The molecule has 0 aromatic heterocycles. The Morgan fingerprint density at radius 3 is 2.56 bits per heavy atom. The highest BCUT2D eigenvalue weighted by Gasteiger charge is 2.30. The molecule has 0 aliphatic carbocycles. The van der Waals surface area contributed by atoms with Crippen LogP contribution in [0.2, 0.25) is 0 Å². The molecule has 0 spiro atoms. The van der Waals surface area contributed by atoms with E-state index in [-0.39, 0.29) is 30.9 Å². The number of para-hydroxylation sites is 1. The van der Waals surface area contributed by atoms with E-state index in [1.807, 2.05) is 30.0 Å². The summed E-state index contributed by atoms with van der Waals surface area (Å²) < 4.78 is 5.10. The summed E-state index contributed by atoms with van der Waals surface area (Å²) in [6, 6.07) is 15.3. The van der Waals surface area contributed by atoms with Crippen LogP contribution in [0.5, 0.6) is 5.75 Å². The predicted octanol–water partition coefficient (Wildman–Crippen LogP) is 2.54. The highest BCUT2D eigenvalue weighted by molar-refractivity contribution is 5.98. The molecule has 6 nitrogen and oxygen atoms in total. The average molecular weight is 367 g/mol. The van der Waals surface area contributed by atoms with Gasteiger partial charge in [-0.1, -0.05) is 18.2 Å². The minimum Gasteiger partial charge on any atom is -0.497 e. The number of rotatable bonds is 6. The van der Waals surface area contributed by atoms with E-state index >= 15 is 0 Å². The molecule has 2 aromatic carbocycles. The summed E-state index contributed by atoms with van der Waals surface area (Å²) in [4.78, 5) is 28.6. The van der Waals surface area contributed by atoms with Gasteiger partial charge in [-0.05, 0) is 56.3 Å². The Balaban J connectivity index is 1.54. The SMILES string of the molecule is COc1ccc(NC(=O)CN(C)CC(=O)N2c3ccccc3C[C@@H]2C)cc1. The Morgan fingerprint density at radius 1 is 1.15 bits per heavy atom. The van der Waals surface area contributed by atoms with E-state index in [4.69, 9.17) is 4.74 Å². The zero-order valence-electron chi connectivity index (χ0n) is 15.9. The molecule has 1 aliphatic rings. The number of carbonyl (C=O) groups is 2. The van der Waals surface area contributed by atoms with Crippen molar-refractivity contribution in [1.29, 1.82) is 0 Å². The lowest BCUT2D eigenvalue weighted by Crippen LogP contribution is -2.43. The maximum absolute atomic E-state index is 12.8. The van der Waals surface area contributed by atoms with Gasteiger partial charge in [0.25, 0.3) is 0 Å². The summed E-state index contributed by atoms with van der Waals surface area (Å²) in [5.74, 6) is 0.577. The third-order valence-corrected chi connectivity index (χ3v) is 4.67. The number of benzene rings is 2. The Morgan fingerprint density at radius 2 is 1.85 bits per heavy atom. The number of nitrogens with zero attached hydrogens (tertiary/aromatic N) is 2. The molecule has 6 heteroatoms. The van der Waals surface area contributed by atoms with Gasteiger partial charge in [-0.15, -0.1) is 0 Å². The molecule has 2 amide bonds. The standard InChI is InChI=1S/C21H25N3O3/c1-15-12-16-6-4-5-7-19(16)24(15)21(26)14-23(2)13-20(25)22-17-8-10-18(27-3)11-9-17/h4-11,15H,12-14H2,1-3H3,(H,22,25)/t15-/m0/s1. The Hall–Kier alpha value is -2.86. The van der Waals surface area contributed by atoms with Crippen molar-refractivity contribution in [1.82, 2.24) is 4.90 Å². The lowest BCUT2D eigenvalue weighted by Gasteiger charge is -2.25. The van der Waals surface area contributed by atoms with E-state index in [9.17, 15) is 9.59 Å². The van der Waals surface area contributed by atoms with Crippen LogP contribution in [0.1, 0.15) is 12.5 Å². The fraction of sp³-hybridized carbons (Fsp3) is 0.333. The van der Waals surface area contributed by atoms with Gasteiger partial charge in [0, 0.05) is 17.4 Å². The second-order valence-electron chi connectivity index (χ2n) is 6.89. The van der Waals surface area contributed by atoms with Crippen molar-refractivity contribution in [3.05, 3.63) is 54.1 Å². The average Bonchev–Trinajstić information content (AvgIpc) is 2.97. The van der Waals surface area contributed by atoms with Crippen molar-refractivity contribution in [3.63, 3.8) is 0 Å². The summed E-state index contributed by atoms with van der Waals surface area (Å²) >= 11 is 0. The lowest BCUT2D eigenvalue weighted by atomic mass is 10.1. The van der Waals surface area contributed by atoms with E-state index < -0.39 is 0 Å². The lowest BCUT2D eigenvalue weighted by molar-refractivity contribution is -0.121. The smallest absolute Gasteiger partial charge is 0.241 e. The normalized spacial score (nSPS) is 15.6. The van der Waals surface area contributed by atoms with Gasteiger partial charge < -0.3 is 15.0 Å². The third kappa shape index (κ3) is 4.46. The van der Waals surface area contributed by atoms with Crippen molar-refractivity contribution in [3.8, 4) is 5.75 Å². The Kier molecular flexibility index (Phi) is 5.76. The van der Waals surface area contributed by atoms with Crippen LogP contribution in [-0.2, 0) is 16.0 Å². The first-order chi connectivity index (χ1) is 13.0. The molecule has 27 heavy (non-hydrogen) atoms. The largest absolute Gasteiger partial charge is 0.497 e. The fourth-order valence-corrected chi connectivity index (χ4v) is 3.43. The van der Waals surface area contributed by atoms with Crippen LogP contribution >= 0.6 is 0 Å². The predicted molar refractivity (Wildman–Crippen MR) is 106 cm³/mol. The van der Waals surface area contributed by atoms with Gasteiger partial charge in [0.1, 0.15) is 5.75 Å². The van der Waals surface area contributed by atoms with Crippen LogP contribution in [-0.4, -0.2) is 50.0 Å². The maximum atomic E-state index is 12.8. The molecule has 1 aliphatic heterocycles. The molecule has 1 N–H and O–H groups in total. The monoisotopic (exact) mass is 367 g/mol. The zero-order valence-corrected chi connectivity index (χ0v) is 15.9. The maximum Gasteiger partial charge on any atom is 0.241 e. The number of nitrogens with one attached hydrogen (secondary N) is 1. The van der Waals surface area contributed by atoms with Crippen LogP contribution in [0.4, 0.5) is 11.4 Å². The first kappa shape index (κ1) is 18.9. The molecular weight excluding hydrogens is 342 g/mol. The fourth-order valence-electron chi connectivity index (χ4n) is 3.43. The first-order valence-electron chi connectivity index (χ1n) is 9.00. The number of hydrogen-bond acceptors (Lipinski definition) is 4. The molecule has 0 saturated carbocycles. The number of anilines is 2. The van der Waals surface area contributed by atoms with Gasteiger partial charge in [0.2, 0.25) is 11.8 Å². The van der Waals surface area contributed by atoms with E-state index in [1.54, 1.807) is 43.3 Å². The third-order valence-electron chi connectivity index (χ3n) is 4.67. The molecule has 1 atom stereocenters. The molecule has 0 radical (unpaired) electrons. The van der Waals surface area contributed by atoms with Crippen molar-refractivity contribution >= 4 is 23.2 Å². The van der Waals surface area contributed by atoms with Crippen LogP contribution in [0.25, 0.3) is 0 Å². The second-order valence-corrected chi connectivity index (χ2v) is 6.89. The van der Waals surface area contributed by atoms with E-state index in [2.05, 4.69) is 11.4 Å². The number of carbonyl (C=O) groups excluding carboxylic acids is 2. The van der Waals surface area contributed by atoms with Crippen LogP contribution in [0, 0.1) is 0 Å². The van der Waals surface area contributed by atoms with Gasteiger partial charge >= 0.3 is 0 Å². The molecule has 0 fully saturated rings. The highest BCUT2D eigenvalue weighted by atomic mass is 16.5. The van der Waals surface area contributed by atoms with Crippen molar-refractivity contribution in [2.75, 3.05) is 37.5 Å². The van der Waals surface area contributed by atoms with Crippen LogP contribution in [0.15, 0.2) is 48.5 Å². The molecule has 3 rings (SSSR count). The number of fused-ring (bicyclic) bond motifs is 1. The van der Waals surface area contributed by atoms with Crippen molar-refractivity contribution in [2.24, 2.45) is 0 Å². The molecular formula is C21H25N3O3. The summed E-state index contributed by atoms with van der Waals surface area (Å²) in [6.07, 6.45) is 0.865. The minimum atomic E-state index is -0.162. The van der Waals surface area contributed by atoms with E-state index in [0.717, 1.165) is 17.9 Å². The number of hydrogen-bond donors (Lipinski definition) is 1. The van der Waals surface area contributed by atoms with Gasteiger partial charge in [-0.2, -0.15) is 0 Å². The molecule has 0 saturated heterocycles. The van der Waals surface area contributed by atoms with Crippen LogP contribution < -0.4 is 15.0 Å². The molecule has 1 heterocycles. The zero-order chi connectivity index (χ0) is 19.4. The summed E-state index contributed by atoms with van der Waals surface area (Å²) in [6.45, 7) is 2.38. The summed E-state index contributed by atoms with van der Waals surface area (Å²) in [7, 11) is 3.37. The minimum absolute atomic E-state index is 0.00666. The van der Waals surface area contributed by atoms with Gasteiger partial charge in [0.15, 0.2) is 0 Å². The Bertz CT molecular complexity index is 820. The van der Waals surface area contributed by atoms with Gasteiger partial charge in [0.05, 0.1) is 20.2 Å². The second kappa shape index (κ2) is 8.22. The number of amides is 2. The molecule has 2 aromatic rings. The summed E-state index contributed by atoms with van der Waals surface area (Å²) in [5, 5.41) is 2.83. The Labute approximate surface area is 159 Å². The van der Waals surface area contributed by atoms with E-state index in [1.165, 1.54) is 5.56 Å². The quantitative estimate of drug-likeness (QED) is 0.852. The topological polar surface area (TPSA) is 61.9 Å². The molecule has 142 valence electrons. The number of methoxy groups -OCH3 is 1. The van der Waals surface area contributed by atoms with Gasteiger partial charge in [-0.3, -0.25) is 14.5 Å².